The fourth-order valence-electron chi connectivity index (χ4n) is 1.24. The summed E-state index contributed by atoms with van der Waals surface area (Å²) in [4.78, 5) is 31.7. The Balaban J connectivity index is 3.10. The Bertz CT molecular complexity index is 491. The maximum atomic E-state index is 11.4. The van der Waals surface area contributed by atoms with E-state index in [9.17, 15) is 19.7 Å². The lowest BCUT2D eigenvalue weighted by molar-refractivity contribution is -0.385. The molecule has 0 atom stereocenters. The van der Waals surface area contributed by atoms with Crippen LogP contribution in [0.1, 0.15) is 12.0 Å². The van der Waals surface area contributed by atoms with Gasteiger partial charge in [0.25, 0.3) is 11.2 Å². The van der Waals surface area contributed by atoms with Gasteiger partial charge in [-0.15, -0.1) is 0 Å². The predicted molar refractivity (Wildman–Crippen MR) is 54.3 cm³/mol. The Labute approximate surface area is 90.1 Å². The summed E-state index contributed by atoms with van der Waals surface area (Å²) in [5, 5.41) is 19.0. The number of nitro groups is 1. The fourth-order valence-corrected chi connectivity index (χ4v) is 1.24. The highest BCUT2D eigenvalue weighted by molar-refractivity contribution is 5.66. The lowest BCUT2D eigenvalue weighted by Gasteiger charge is -2.04. The molecule has 0 amide bonds. The molecule has 0 radical (unpaired) electrons. The van der Waals surface area contributed by atoms with Crippen LogP contribution in [0.2, 0.25) is 0 Å². The highest BCUT2D eigenvalue weighted by Crippen LogP contribution is 2.13. The highest BCUT2D eigenvalue weighted by atomic mass is 16.6. The van der Waals surface area contributed by atoms with Crippen LogP contribution in [0.15, 0.2) is 17.1 Å². The first-order valence-electron chi connectivity index (χ1n) is 4.49. The van der Waals surface area contributed by atoms with E-state index in [1.54, 1.807) is 0 Å². The van der Waals surface area contributed by atoms with Crippen molar-refractivity contribution in [2.45, 2.75) is 19.9 Å². The Hall–Kier alpha value is -2.18. The summed E-state index contributed by atoms with van der Waals surface area (Å²) in [6, 6.07) is 1.12. The molecule has 1 N–H and O–H groups in total. The molecule has 7 heteroatoms. The van der Waals surface area contributed by atoms with Crippen LogP contribution in [-0.4, -0.2) is 20.6 Å². The molecule has 1 heterocycles. The summed E-state index contributed by atoms with van der Waals surface area (Å²) >= 11 is 0. The van der Waals surface area contributed by atoms with E-state index >= 15 is 0 Å². The minimum absolute atomic E-state index is 0.0741. The van der Waals surface area contributed by atoms with E-state index in [1.165, 1.54) is 6.92 Å². The molecule has 1 rings (SSSR count). The summed E-state index contributed by atoms with van der Waals surface area (Å²) < 4.78 is 1.03. The smallest absolute Gasteiger partial charge is 0.305 e. The summed E-state index contributed by atoms with van der Waals surface area (Å²) in [7, 11) is 0. The van der Waals surface area contributed by atoms with E-state index in [2.05, 4.69) is 0 Å². The topological polar surface area (TPSA) is 102 Å². The van der Waals surface area contributed by atoms with Crippen molar-refractivity contribution in [1.29, 1.82) is 0 Å². The lowest BCUT2D eigenvalue weighted by atomic mass is 10.2. The third-order valence-corrected chi connectivity index (χ3v) is 2.07. The number of rotatable bonds is 4. The fraction of sp³-hybridized carbons (Fsp3) is 0.333. The van der Waals surface area contributed by atoms with Gasteiger partial charge in [0, 0.05) is 18.2 Å². The molecule has 0 fully saturated rings. The number of aliphatic carboxylic acids is 1. The first kappa shape index (κ1) is 11.9. The molecule has 0 saturated heterocycles. The third kappa shape index (κ3) is 2.66. The number of hydrogen-bond donors (Lipinski definition) is 1. The van der Waals surface area contributed by atoms with E-state index < -0.39 is 16.5 Å². The average molecular weight is 226 g/mol. The maximum absolute atomic E-state index is 11.4. The minimum atomic E-state index is -1.06. The minimum Gasteiger partial charge on any atom is -0.481 e. The van der Waals surface area contributed by atoms with Crippen molar-refractivity contribution in [2.75, 3.05) is 0 Å². The number of aromatic nitrogens is 1. The van der Waals surface area contributed by atoms with Crippen molar-refractivity contribution in [2.24, 2.45) is 0 Å². The number of carboxylic acid groups (broad SMARTS) is 1. The van der Waals surface area contributed by atoms with Crippen LogP contribution in [-0.2, 0) is 11.3 Å². The van der Waals surface area contributed by atoms with Gasteiger partial charge in [-0.3, -0.25) is 19.7 Å². The molecule has 86 valence electrons. The molecule has 7 nitrogen and oxygen atoms in total. The average Bonchev–Trinajstić information content (AvgIpc) is 2.15. The zero-order valence-corrected chi connectivity index (χ0v) is 8.54. The van der Waals surface area contributed by atoms with Crippen LogP contribution in [0.3, 0.4) is 0 Å². The van der Waals surface area contributed by atoms with Crippen LogP contribution in [0.4, 0.5) is 5.69 Å². The molecule has 0 aromatic carbocycles. The quantitative estimate of drug-likeness (QED) is 0.596. The summed E-state index contributed by atoms with van der Waals surface area (Å²) in [5.74, 6) is -1.06. The number of carboxylic acids is 1. The second kappa shape index (κ2) is 4.56. The lowest BCUT2D eigenvalue weighted by Crippen LogP contribution is -2.21. The maximum Gasteiger partial charge on any atom is 0.305 e. The van der Waals surface area contributed by atoms with Gasteiger partial charge >= 0.3 is 5.97 Å². The Morgan fingerprint density at radius 2 is 2.25 bits per heavy atom. The number of aryl methyl sites for hydroxylation is 2. The van der Waals surface area contributed by atoms with Crippen molar-refractivity contribution in [3.63, 3.8) is 0 Å². The van der Waals surface area contributed by atoms with E-state index in [4.69, 9.17) is 5.11 Å². The molecule has 16 heavy (non-hydrogen) atoms. The molecule has 0 aliphatic carbocycles. The van der Waals surface area contributed by atoms with Crippen LogP contribution in [0.5, 0.6) is 0 Å². The van der Waals surface area contributed by atoms with Gasteiger partial charge in [-0.1, -0.05) is 0 Å². The molecular weight excluding hydrogens is 216 g/mol. The second-order valence-electron chi connectivity index (χ2n) is 3.27. The van der Waals surface area contributed by atoms with Gasteiger partial charge < -0.3 is 9.67 Å². The van der Waals surface area contributed by atoms with Gasteiger partial charge in [0.2, 0.25) is 0 Å². The van der Waals surface area contributed by atoms with E-state index in [0.717, 1.165) is 16.8 Å². The SMILES string of the molecule is Cc1cc(=O)n(CCC(=O)O)cc1[N+](=O)[O-]. The van der Waals surface area contributed by atoms with Gasteiger partial charge in [-0.05, 0) is 6.92 Å². The van der Waals surface area contributed by atoms with E-state index in [-0.39, 0.29) is 24.2 Å². The number of hydrogen-bond acceptors (Lipinski definition) is 4. The van der Waals surface area contributed by atoms with E-state index in [0.29, 0.717) is 0 Å². The molecule has 0 bridgehead atoms. The Morgan fingerprint density at radius 3 is 2.75 bits per heavy atom. The molecule has 0 aliphatic rings. The summed E-state index contributed by atoms with van der Waals surface area (Å²) in [5.41, 5.74) is -0.365. The Kier molecular flexibility index (Phi) is 3.39. The normalized spacial score (nSPS) is 10.1. The standard InChI is InChI=1S/C9H10N2O5/c1-6-4-8(12)10(3-2-9(13)14)5-7(6)11(15)16/h4-5H,2-3H2,1H3,(H,13,14). The van der Waals surface area contributed by atoms with Gasteiger partial charge in [0.1, 0.15) is 0 Å². The third-order valence-electron chi connectivity index (χ3n) is 2.07. The number of pyridine rings is 1. The van der Waals surface area contributed by atoms with Gasteiger partial charge in [-0.25, -0.2) is 0 Å². The van der Waals surface area contributed by atoms with Crippen molar-refractivity contribution in [3.8, 4) is 0 Å². The van der Waals surface area contributed by atoms with Crippen molar-refractivity contribution < 1.29 is 14.8 Å². The molecule has 1 aromatic rings. The predicted octanol–water partition coefficient (Wildman–Crippen LogP) is 0.540. The molecule has 0 saturated carbocycles. The van der Waals surface area contributed by atoms with Gasteiger partial charge in [0.05, 0.1) is 17.5 Å². The summed E-state index contributed by atoms with van der Waals surface area (Å²) in [6.07, 6.45) is 0.820. The molecule has 0 spiro atoms. The van der Waals surface area contributed by atoms with Gasteiger partial charge in [0.15, 0.2) is 0 Å². The molecular formula is C9H10N2O5. The molecule has 1 aromatic heterocycles. The number of carbonyl (C=O) groups is 1. The van der Waals surface area contributed by atoms with Crippen molar-refractivity contribution in [3.05, 3.63) is 38.3 Å². The van der Waals surface area contributed by atoms with Crippen LogP contribution in [0.25, 0.3) is 0 Å². The van der Waals surface area contributed by atoms with Crippen LogP contribution >= 0.6 is 0 Å². The highest BCUT2D eigenvalue weighted by Gasteiger charge is 2.13. The Morgan fingerprint density at radius 1 is 1.62 bits per heavy atom. The first-order chi connectivity index (χ1) is 7.41. The molecule has 0 unspecified atom stereocenters. The molecule has 0 aliphatic heterocycles. The van der Waals surface area contributed by atoms with Crippen molar-refractivity contribution in [1.82, 2.24) is 4.57 Å². The first-order valence-corrected chi connectivity index (χ1v) is 4.49. The van der Waals surface area contributed by atoms with Crippen LogP contribution in [0, 0.1) is 17.0 Å². The summed E-state index contributed by atoms with van der Waals surface area (Å²) in [6.45, 7) is 1.39. The zero-order chi connectivity index (χ0) is 12.3. The van der Waals surface area contributed by atoms with Crippen molar-refractivity contribution >= 4 is 11.7 Å². The monoisotopic (exact) mass is 226 g/mol. The van der Waals surface area contributed by atoms with Crippen LogP contribution < -0.4 is 5.56 Å². The number of nitrogens with zero attached hydrogens (tertiary/aromatic N) is 2. The largest absolute Gasteiger partial charge is 0.481 e. The zero-order valence-electron chi connectivity index (χ0n) is 8.54. The van der Waals surface area contributed by atoms with E-state index in [1.807, 2.05) is 0 Å². The second-order valence-corrected chi connectivity index (χ2v) is 3.27. The van der Waals surface area contributed by atoms with Gasteiger partial charge in [-0.2, -0.15) is 0 Å².